The highest BCUT2D eigenvalue weighted by atomic mass is 127. The van der Waals surface area contributed by atoms with Gasteiger partial charge in [0.2, 0.25) is 0 Å². The molecule has 25 heavy (non-hydrogen) atoms. The Morgan fingerprint density at radius 3 is 2.56 bits per heavy atom. The quantitative estimate of drug-likeness (QED) is 0.263. The van der Waals surface area contributed by atoms with Crippen molar-refractivity contribution >= 4 is 29.9 Å². The molecule has 1 aromatic carbocycles. The number of nitrogens with zero attached hydrogens (tertiary/aromatic N) is 3. The van der Waals surface area contributed by atoms with Gasteiger partial charge in [-0.25, -0.2) is 9.98 Å². The summed E-state index contributed by atoms with van der Waals surface area (Å²) in [6.07, 6.45) is 5.59. The maximum atomic E-state index is 5.33. The molecule has 0 radical (unpaired) electrons. The smallest absolute Gasteiger partial charge is 0.191 e. The molecule has 7 heteroatoms. The molecule has 0 aliphatic rings. The van der Waals surface area contributed by atoms with Crippen molar-refractivity contribution in [2.75, 3.05) is 26.3 Å². The van der Waals surface area contributed by atoms with Gasteiger partial charge < -0.3 is 19.9 Å². The summed E-state index contributed by atoms with van der Waals surface area (Å²) in [5, 5.41) is 6.51. The molecule has 138 valence electrons. The minimum Gasteiger partial charge on any atom is -0.380 e. The van der Waals surface area contributed by atoms with E-state index in [0.717, 1.165) is 32.2 Å². The Labute approximate surface area is 167 Å². The van der Waals surface area contributed by atoms with Crippen molar-refractivity contribution in [1.82, 2.24) is 20.2 Å². The number of hydrogen-bond acceptors (Lipinski definition) is 3. The minimum atomic E-state index is 0. The van der Waals surface area contributed by atoms with Crippen LogP contribution in [0.1, 0.15) is 25.0 Å². The largest absolute Gasteiger partial charge is 0.380 e. The van der Waals surface area contributed by atoms with Crippen LogP contribution in [0.3, 0.4) is 0 Å². The first-order valence-electron chi connectivity index (χ1n) is 8.45. The maximum absolute atomic E-state index is 5.33. The van der Waals surface area contributed by atoms with E-state index in [4.69, 9.17) is 4.74 Å². The topological polar surface area (TPSA) is 63.5 Å². The second-order valence-electron chi connectivity index (χ2n) is 5.37. The van der Waals surface area contributed by atoms with E-state index in [2.05, 4.69) is 56.4 Å². The van der Waals surface area contributed by atoms with E-state index in [1.807, 2.05) is 19.4 Å². The molecule has 0 saturated heterocycles. The van der Waals surface area contributed by atoms with Crippen LogP contribution in [-0.2, 0) is 17.8 Å². The second kappa shape index (κ2) is 12.7. The van der Waals surface area contributed by atoms with Crippen molar-refractivity contribution in [3.63, 3.8) is 0 Å². The predicted octanol–water partition coefficient (Wildman–Crippen LogP) is 2.64. The van der Waals surface area contributed by atoms with Crippen molar-refractivity contribution < 1.29 is 4.74 Å². The molecule has 0 atom stereocenters. The molecule has 1 aromatic heterocycles. The summed E-state index contributed by atoms with van der Waals surface area (Å²) in [6, 6.07) is 8.53. The van der Waals surface area contributed by atoms with E-state index >= 15 is 0 Å². The molecule has 1 heterocycles. The molecule has 0 bridgehead atoms. The fraction of sp³-hybridized carbons (Fsp3) is 0.444. The van der Waals surface area contributed by atoms with Crippen LogP contribution in [0.4, 0.5) is 0 Å². The van der Waals surface area contributed by atoms with Crippen molar-refractivity contribution in [2.24, 2.45) is 4.99 Å². The minimum absolute atomic E-state index is 0. The SMILES string of the molecule is CCNC(=NCc1ccc(Cn2ccnc2)cc1)NCCOCC.I. The number of hydrogen-bond donors (Lipinski definition) is 2. The predicted molar refractivity (Wildman–Crippen MR) is 112 cm³/mol. The highest BCUT2D eigenvalue weighted by Crippen LogP contribution is 2.07. The first-order chi connectivity index (χ1) is 11.8. The van der Waals surface area contributed by atoms with Gasteiger partial charge in [-0.15, -0.1) is 24.0 Å². The van der Waals surface area contributed by atoms with Gasteiger partial charge in [0.25, 0.3) is 0 Å². The fourth-order valence-electron chi connectivity index (χ4n) is 2.24. The molecule has 2 aromatic rings. The zero-order valence-corrected chi connectivity index (χ0v) is 17.3. The number of rotatable bonds is 9. The van der Waals surface area contributed by atoms with Crippen LogP contribution < -0.4 is 10.6 Å². The molecule has 0 aliphatic heterocycles. The number of aliphatic imine (C=N–C) groups is 1. The Morgan fingerprint density at radius 2 is 1.92 bits per heavy atom. The van der Waals surface area contributed by atoms with Crippen LogP contribution in [-0.4, -0.2) is 41.8 Å². The zero-order valence-electron chi connectivity index (χ0n) is 14.9. The highest BCUT2D eigenvalue weighted by Gasteiger charge is 1.99. The van der Waals surface area contributed by atoms with E-state index in [1.54, 1.807) is 6.20 Å². The number of guanidine groups is 1. The third-order valence-corrected chi connectivity index (χ3v) is 3.45. The third kappa shape index (κ3) is 8.35. The summed E-state index contributed by atoms with van der Waals surface area (Å²) in [4.78, 5) is 8.67. The Morgan fingerprint density at radius 1 is 1.16 bits per heavy atom. The molecule has 6 nitrogen and oxygen atoms in total. The highest BCUT2D eigenvalue weighted by molar-refractivity contribution is 14.0. The normalized spacial score (nSPS) is 11.0. The Balaban J connectivity index is 0.00000312. The molecule has 0 unspecified atom stereocenters. The molecule has 2 N–H and O–H groups in total. The van der Waals surface area contributed by atoms with E-state index in [0.29, 0.717) is 13.2 Å². The van der Waals surface area contributed by atoms with Crippen molar-refractivity contribution in [3.8, 4) is 0 Å². The lowest BCUT2D eigenvalue weighted by molar-refractivity contribution is 0.152. The first kappa shape index (κ1) is 21.4. The van der Waals surface area contributed by atoms with Gasteiger partial charge >= 0.3 is 0 Å². The summed E-state index contributed by atoms with van der Waals surface area (Å²) < 4.78 is 7.38. The van der Waals surface area contributed by atoms with Crippen LogP contribution in [0.25, 0.3) is 0 Å². The molecular weight excluding hydrogens is 429 g/mol. The van der Waals surface area contributed by atoms with Crippen LogP contribution in [0, 0.1) is 0 Å². The van der Waals surface area contributed by atoms with Gasteiger partial charge in [-0.2, -0.15) is 0 Å². The molecule has 0 fully saturated rings. The second-order valence-corrected chi connectivity index (χ2v) is 5.37. The first-order valence-corrected chi connectivity index (χ1v) is 8.45. The van der Waals surface area contributed by atoms with E-state index in [-0.39, 0.29) is 24.0 Å². The number of nitrogens with one attached hydrogen (secondary N) is 2. The van der Waals surface area contributed by atoms with Crippen LogP contribution >= 0.6 is 24.0 Å². The van der Waals surface area contributed by atoms with Crippen LogP contribution in [0.2, 0.25) is 0 Å². The zero-order chi connectivity index (χ0) is 17.0. The van der Waals surface area contributed by atoms with E-state index < -0.39 is 0 Å². The standard InChI is InChI=1S/C18H27N5O.HI/c1-3-20-18(21-10-12-24-4-2)22-13-16-5-7-17(8-6-16)14-23-11-9-19-15-23;/h5-9,11,15H,3-4,10,12-14H2,1-2H3,(H2,20,21,22);1H. The summed E-state index contributed by atoms with van der Waals surface area (Å²) >= 11 is 0. The van der Waals surface area contributed by atoms with Gasteiger partial charge in [0, 0.05) is 38.6 Å². The van der Waals surface area contributed by atoms with Gasteiger partial charge in [0.05, 0.1) is 19.5 Å². The number of ether oxygens (including phenoxy) is 1. The van der Waals surface area contributed by atoms with E-state index in [9.17, 15) is 0 Å². The van der Waals surface area contributed by atoms with Crippen molar-refractivity contribution in [3.05, 3.63) is 54.1 Å². The van der Waals surface area contributed by atoms with Gasteiger partial charge in [-0.1, -0.05) is 24.3 Å². The van der Waals surface area contributed by atoms with Crippen molar-refractivity contribution in [1.29, 1.82) is 0 Å². The number of benzene rings is 1. The Bertz CT molecular complexity index is 598. The van der Waals surface area contributed by atoms with Gasteiger partial charge in [0.15, 0.2) is 5.96 Å². The lowest BCUT2D eigenvalue weighted by atomic mass is 10.1. The van der Waals surface area contributed by atoms with Crippen LogP contribution in [0.15, 0.2) is 48.0 Å². The maximum Gasteiger partial charge on any atom is 0.191 e. The molecule has 0 aliphatic carbocycles. The average molecular weight is 457 g/mol. The van der Waals surface area contributed by atoms with Crippen LogP contribution in [0.5, 0.6) is 0 Å². The number of imidazole rings is 1. The Kier molecular flexibility index (Phi) is 10.9. The number of halogens is 1. The lowest BCUT2D eigenvalue weighted by Gasteiger charge is -2.11. The molecule has 0 saturated carbocycles. The average Bonchev–Trinajstić information content (AvgIpc) is 3.11. The fourth-order valence-corrected chi connectivity index (χ4v) is 2.24. The van der Waals surface area contributed by atoms with Gasteiger partial charge in [-0.05, 0) is 25.0 Å². The molecule has 0 spiro atoms. The lowest BCUT2D eigenvalue weighted by Crippen LogP contribution is -2.39. The van der Waals surface area contributed by atoms with Gasteiger partial charge in [0.1, 0.15) is 0 Å². The summed E-state index contributed by atoms with van der Waals surface area (Å²) in [5.41, 5.74) is 2.44. The molecular formula is C18H28IN5O. The summed E-state index contributed by atoms with van der Waals surface area (Å²) in [7, 11) is 0. The third-order valence-electron chi connectivity index (χ3n) is 3.45. The number of aromatic nitrogens is 2. The van der Waals surface area contributed by atoms with Gasteiger partial charge in [-0.3, -0.25) is 0 Å². The Hall–Kier alpha value is -1.61. The van der Waals surface area contributed by atoms with Crippen molar-refractivity contribution in [2.45, 2.75) is 26.9 Å². The molecule has 2 rings (SSSR count). The molecule has 0 amide bonds. The summed E-state index contributed by atoms with van der Waals surface area (Å²) in [6.45, 7) is 8.55. The van der Waals surface area contributed by atoms with E-state index in [1.165, 1.54) is 11.1 Å². The summed E-state index contributed by atoms with van der Waals surface area (Å²) in [5.74, 6) is 0.819. The monoisotopic (exact) mass is 457 g/mol.